The number of esters is 1. The van der Waals surface area contributed by atoms with E-state index < -0.39 is 24.4 Å². The van der Waals surface area contributed by atoms with Crippen molar-refractivity contribution in [3.05, 3.63) is 47.9 Å². The first-order valence-corrected chi connectivity index (χ1v) is 8.87. The molecule has 0 spiro atoms. The number of carbonyl (C=O) groups is 3. The highest BCUT2D eigenvalue weighted by Crippen LogP contribution is 2.25. The highest BCUT2D eigenvalue weighted by Gasteiger charge is 2.35. The van der Waals surface area contributed by atoms with Gasteiger partial charge in [-0.05, 0) is 36.8 Å². The molecule has 2 amide bonds. The van der Waals surface area contributed by atoms with Crippen LogP contribution in [-0.4, -0.2) is 42.9 Å². The van der Waals surface area contributed by atoms with Crippen LogP contribution in [0.2, 0.25) is 0 Å². The Labute approximate surface area is 162 Å². The summed E-state index contributed by atoms with van der Waals surface area (Å²) in [4.78, 5) is 38.0. The summed E-state index contributed by atoms with van der Waals surface area (Å²) in [7, 11) is 1.51. The number of methoxy groups -OCH3 is 1. The Balaban J connectivity index is 1.49. The third kappa shape index (κ3) is 4.70. The number of rotatable bonds is 7. The second kappa shape index (κ2) is 8.60. The van der Waals surface area contributed by atoms with Gasteiger partial charge in [0.05, 0.1) is 31.5 Å². The zero-order valence-electron chi connectivity index (χ0n) is 15.8. The van der Waals surface area contributed by atoms with Gasteiger partial charge in [0, 0.05) is 13.0 Å². The zero-order valence-corrected chi connectivity index (χ0v) is 15.8. The number of nitrogens with one attached hydrogen (secondary N) is 1. The molecular formula is C20H22N2O6. The molecule has 3 rings (SSSR count). The summed E-state index contributed by atoms with van der Waals surface area (Å²) in [5.74, 6) is -0.624. The van der Waals surface area contributed by atoms with Crippen molar-refractivity contribution in [3.8, 4) is 5.75 Å². The van der Waals surface area contributed by atoms with Crippen molar-refractivity contribution in [2.24, 2.45) is 5.92 Å². The minimum absolute atomic E-state index is 0.0624. The molecule has 1 aromatic carbocycles. The van der Waals surface area contributed by atoms with E-state index >= 15 is 0 Å². The van der Waals surface area contributed by atoms with E-state index in [4.69, 9.17) is 13.9 Å². The van der Waals surface area contributed by atoms with Crippen LogP contribution < -0.4 is 10.1 Å². The molecule has 0 saturated carbocycles. The van der Waals surface area contributed by atoms with Crippen molar-refractivity contribution >= 4 is 23.5 Å². The summed E-state index contributed by atoms with van der Waals surface area (Å²) in [6, 6.07) is 8.88. The third-order valence-electron chi connectivity index (χ3n) is 4.45. The first kappa shape index (κ1) is 19.5. The number of nitrogens with zero attached hydrogens (tertiary/aromatic N) is 1. The lowest BCUT2D eigenvalue weighted by Crippen LogP contribution is -2.28. The van der Waals surface area contributed by atoms with Crippen LogP contribution in [0.25, 0.3) is 0 Å². The van der Waals surface area contributed by atoms with E-state index in [0.29, 0.717) is 23.7 Å². The van der Waals surface area contributed by atoms with Crippen molar-refractivity contribution in [2.75, 3.05) is 25.6 Å². The largest absolute Gasteiger partial charge is 0.495 e. The number of hydrogen-bond acceptors (Lipinski definition) is 6. The number of aryl methyl sites for hydroxylation is 1. The summed E-state index contributed by atoms with van der Waals surface area (Å²) in [5, 5.41) is 2.66. The quantitative estimate of drug-likeness (QED) is 0.732. The van der Waals surface area contributed by atoms with E-state index in [2.05, 4.69) is 5.32 Å². The molecule has 148 valence electrons. The molecule has 1 fully saturated rings. The molecule has 0 aliphatic carbocycles. The van der Waals surface area contributed by atoms with Crippen LogP contribution in [0.1, 0.15) is 17.7 Å². The van der Waals surface area contributed by atoms with Gasteiger partial charge in [-0.1, -0.05) is 6.07 Å². The fraction of sp³-hybridized carbons (Fsp3) is 0.350. The molecule has 8 nitrogen and oxygen atoms in total. The molecule has 0 radical (unpaired) electrons. The molecule has 0 unspecified atom stereocenters. The number of ether oxygens (including phenoxy) is 2. The monoisotopic (exact) mass is 386 g/mol. The Morgan fingerprint density at radius 2 is 2.14 bits per heavy atom. The highest BCUT2D eigenvalue weighted by molar-refractivity contribution is 5.95. The van der Waals surface area contributed by atoms with Gasteiger partial charge in [-0.25, -0.2) is 0 Å². The van der Waals surface area contributed by atoms with Crippen molar-refractivity contribution in [1.82, 2.24) is 4.90 Å². The van der Waals surface area contributed by atoms with E-state index in [-0.39, 0.29) is 18.9 Å². The predicted molar refractivity (Wildman–Crippen MR) is 99.6 cm³/mol. The summed E-state index contributed by atoms with van der Waals surface area (Å²) in [6.45, 7) is 2.01. The van der Waals surface area contributed by atoms with E-state index in [0.717, 1.165) is 5.56 Å². The SMILES string of the molecule is COc1ccc(C)cc1NC(=O)COC(=O)[C@H]1CC(=O)N(Cc2ccco2)C1. The number of furan rings is 1. The van der Waals surface area contributed by atoms with Gasteiger partial charge in [0.15, 0.2) is 6.61 Å². The minimum Gasteiger partial charge on any atom is -0.495 e. The van der Waals surface area contributed by atoms with Crippen molar-refractivity contribution in [3.63, 3.8) is 0 Å². The van der Waals surface area contributed by atoms with Crippen LogP contribution in [0.15, 0.2) is 41.0 Å². The number of hydrogen-bond donors (Lipinski definition) is 1. The molecule has 1 aromatic heterocycles. The minimum atomic E-state index is -0.594. The van der Waals surface area contributed by atoms with Crippen LogP contribution in [0.4, 0.5) is 5.69 Å². The maximum atomic E-state index is 12.2. The molecule has 8 heteroatoms. The van der Waals surface area contributed by atoms with Crippen LogP contribution in [0, 0.1) is 12.8 Å². The van der Waals surface area contributed by atoms with Gasteiger partial charge in [-0.2, -0.15) is 0 Å². The Bertz CT molecular complexity index is 862. The zero-order chi connectivity index (χ0) is 20.1. The fourth-order valence-electron chi connectivity index (χ4n) is 3.03. The van der Waals surface area contributed by atoms with Crippen molar-refractivity contribution in [1.29, 1.82) is 0 Å². The molecule has 1 atom stereocenters. The van der Waals surface area contributed by atoms with Crippen LogP contribution in [0.3, 0.4) is 0 Å². The molecular weight excluding hydrogens is 364 g/mol. The predicted octanol–water partition coefficient (Wildman–Crippen LogP) is 2.13. The Morgan fingerprint density at radius 1 is 1.32 bits per heavy atom. The van der Waals surface area contributed by atoms with Gasteiger partial charge in [-0.3, -0.25) is 14.4 Å². The van der Waals surface area contributed by atoms with Gasteiger partial charge in [0.25, 0.3) is 5.91 Å². The molecule has 1 saturated heterocycles. The molecule has 2 aromatic rings. The highest BCUT2D eigenvalue weighted by atomic mass is 16.5. The third-order valence-corrected chi connectivity index (χ3v) is 4.45. The number of carbonyl (C=O) groups excluding carboxylic acids is 3. The lowest BCUT2D eigenvalue weighted by Gasteiger charge is -2.15. The normalized spacial score (nSPS) is 16.1. The summed E-state index contributed by atoms with van der Waals surface area (Å²) < 4.78 is 15.5. The summed E-state index contributed by atoms with van der Waals surface area (Å²) >= 11 is 0. The molecule has 1 N–H and O–H groups in total. The Morgan fingerprint density at radius 3 is 2.86 bits per heavy atom. The Hall–Kier alpha value is -3.29. The average Bonchev–Trinajstić information content (AvgIpc) is 3.30. The van der Waals surface area contributed by atoms with Crippen LogP contribution >= 0.6 is 0 Å². The topological polar surface area (TPSA) is 98.1 Å². The molecule has 2 heterocycles. The van der Waals surface area contributed by atoms with Gasteiger partial charge < -0.3 is 24.1 Å². The van der Waals surface area contributed by atoms with Crippen LogP contribution in [0.5, 0.6) is 5.75 Å². The molecule has 1 aliphatic heterocycles. The van der Waals surface area contributed by atoms with Gasteiger partial charge in [0.1, 0.15) is 11.5 Å². The lowest BCUT2D eigenvalue weighted by atomic mass is 10.1. The second-order valence-electron chi connectivity index (χ2n) is 6.61. The van der Waals surface area contributed by atoms with Gasteiger partial charge >= 0.3 is 5.97 Å². The van der Waals surface area contributed by atoms with Crippen molar-refractivity contribution < 1.29 is 28.3 Å². The number of likely N-dealkylation sites (tertiary alicyclic amines) is 1. The first-order valence-electron chi connectivity index (χ1n) is 8.87. The molecule has 28 heavy (non-hydrogen) atoms. The number of anilines is 1. The van der Waals surface area contributed by atoms with E-state index in [9.17, 15) is 14.4 Å². The van der Waals surface area contributed by atoms with Crippen molar-refractivity contribution in [2.45, 2.75) is 19.9 Å². The van der Waals surface area contributed by atoms with E-state index in [1.807, 2.05) is 13.0 Å². The first-order chi connectivity index (χ1) is 13.5. The maximum Gasteiger partial charge on any atom is 0.311 e. The number of amides is 2. The lowest BCUT2D eigenvalue weighted by molar-refractivity contribution is -0.151. The second-order valence-corrected chi connectivity index (χ2v) is 6.61. The summed E-state index contributed by atoms with van der Waals surface area (Å²) in [5.41, 5.74) is 1.46. The Kier molecular flexibility index (Phi) is 5.98. The maximum absolute atomic E-state index is 12.2. The van der Waals surface area contributed by atoms with E-state index in [1.165, 1.54) is 13.4 Å². The average molecular weight is 386 g/mol. The van der Waals surface area contributed by atoms with Gasteiger partial charge in [0.2, 0.25) is 5.91 Å². The molecule has 0 bridgehead atoms. The smallest absolute Gasteiger partial charge is 0.311 e. The van der Waals surface area contributed by atoms with Gasteiger partial charge in [-0.15, -0.1) is 0 Å². The standard InChI is InChI=1S/C20H22N2O6/c1-13-5-6-17(26-2)16(8-13)21-18(23)12-28-20(25)14-9-19(24)22(10-14)11-15-4-3-7-27-15/h3-8,14H,9-12H2,1-2H3,(H,21,23)/t14-/m0/s1. The molecule has 1 aliphatic rings. The number of benzene rings is 1. The van der Waals surface area contributed by atoms with E-state index in [1.54, 1.807) is 29.2 Å². The summed E-state index contributed by atoms with van der Waals surface area (Å²) in [6.07, 6.45) is 1.59. The fourth-order valence-corrected chi connectivity index (χ4v) is 3.03. The van der Waals surface area contributed by atoms with Crippen LogP contribution in [-0.2, 0) is 25.7 Å².